The van der Waals surface area contributed by atoms with E-state index in [9.17, 15) is 13.2 Å². The first-order valence-corrected chi connectivity index (χ1v) is 15.3. The zero-order chi connectivity index (χ0) is 25.2. The number of piperidine rings is 1. The lowest BCUT2D eigenvalue weighted by Crippen LogP contribution is -2.53. The Morgan fingerprint density at radius 1 is 1.17 bits per heavy atom. The molecule has 1 atom stereocenters. The van der Waals surface area contributed by atoms with Crippen molar-refractivity contribution in [3.8, 4) is 0 Å². The summed E-state index contributed by atoms with van der Waals surface area (Å²) in [5.41, 5.74) is 2.06. The van der Waals surface area contributed by atoms with Gasteiger partial charge in [0, 0.05) is 13.1 Å². The highest BCUT2D eigenvalue weighted by molar-refractivity contribution is 7.91. The number of halogens is 1. The number of anilines is 1. The molecule has 4 rings (SSSR count). The van der Waals surface area contributed by atoms with Crippen LogP contribution in [0.4, 0.5) is 5.13 Å². The number of thiazole rings is 1. The number of thiophene rings is 1. The number of rotatable bonds is 9. The number of sulfonamides is 1. The number of nitrogens with zero attached hydrogens (tertiary/aromatic N) is 4. The van der Waals surface area contributed by atoms with Crippen LogP contribution in [0.25, 0.3) is 10.2 Å². The zero-order valence-electron chi connectivity index (χ0n) is 20.2. The second kappa shape index (κ2) is 11.2. The van der Waals surface area contributed by atoms with Crippen molar-refractivity contribution in [1.82, 2.24) is 14.2 Å². The van der Waals surface area contributed by atoms with E-state index in [1.54, 1.807) is 11.0 Å². The summed E-state index contributed by atoms with van der Waals surface area (Å²) in [5, 5.41) is 0.631. The average Bonchev–Trinajstić information content (AvgIpc) is 3.47. The molecule has 1 aliphatic heterocycles. The Balaban J connectivity index is 1.70. The minimum atomic E-state index is -3.83. The van der Waals surface area contributed by atoms with E-state index in [2.05, 4.69) is 17.9 Å². The van der Waals surface area contributed by atoms with Crippen molar-refractivity contribution in [2.75, 3.05) is 38.6 Å². The lowest BCUT2D eigenvalue weighted by atomic mass is 10.0. The Bertz CT molecular complexity index is 1290. The maximum atomic E-state index is 14.0. The van der Waals surface area contributed by atoms with Crippen molar-refractivity contribution in [2.45, 2.75) is 49.3 Å². The van der Waals surface area contributed by atoms with Gasteiger partial charge in [-0.1, -0.05) is 48.4 Å². The van der Waals surface area contributed by atoms with Crippen molar-refractivity contribution in [1.29, 1.82) is 0 Å². The van der Waals surface area contributed by atoms with Crippen molar-refractivity contribution in [3.05, 3.63) is 40.2 Å². The van der Waals surface area contributed by atoms with E-state index in [1.807, 2.05) is 26.2 Å². The van der Waals surface area contributed by atoms with Crippen LogP contribution in [0.2, 0.25) is 4.34 Å². The molecule has 190 valence electrons. The summed E-state index contributed by atoms with van der Waals surface area (Å²) in [4.78, 5) is 22.7. The number of amides is 1. The predicted molar refractivity (Wildman–Crippen MR) is 145 cm³/mol. The van der Waals surface area contributed by atoms with Gasteiger partial charge in [0.1, 0.15) is 10.3 Å². The first-order valence-electron chi connectivity index (χ1n) is 11.8. The van der Waals surface area contributed by atoms with Crippen molar-refractivity contribution >= 4 is 65.6 Å². The monoisotopic (exact) mass is 554 g/mol. The number of hydrogen-bond acceptors (Lipinski definition) is 7. The van der Waals surface area contributed by atoms with Gasteiger partial charge in [0.2, 0.25) is 5.91 Å². The summed E-state index contributed by atoms with van der Waals surface area (Å²) in [5.74, 6) is -0.202. The molecule has 1 aromatic carbocycles. The van der Waals surface area contributed by atoms with E-state index in [-0.39, 0.29) is 10.1 Å². The van der Waals surface area contributed by atoms with Gasteiger partial charge in [0.25, 0.3) is 10.0 Å². The third kappa shape index (κ3) is 5.73. The molecular weight excluding hydrogens is 524 g/mol. The molecule has 35 heavy (non-hydrogen) atoms. The van der Waals surface area contributed by atoms with Gasteiger partial charge in [-0.3, -0.25) is 9.69 Å². The summed E-state index contributed by atoms with van der Waals surface area (Å²) in [6, 6.07) is 8.45. The molecule has 11 heteroatoms. The maximum absolute atomic E-state index is 14.0. The smallest absolute Gasteiger partial charge is 0.253 e. The first kappa shape index (κ1) is 26.5. The van der Waals surface area contributed by atoms with Gasteiger partial charge < -0.3 is 4.90 Å². The second-order valence-corrected chi connectivity index (χ2v) is 13.8. The number of carbonyl (C=O) groups excluding carboxylic acids is 1. The Hall–Kier alpha value is -1.56. The number of benzene rings is 1. The van der Waals surface area contributed by atoms with E-state index in [4.69, 9.17) is 16.6 Å². The fourth-order valence-electron chi connectivity index (χ4n) is 4.41. The molecule has 0 bridgehead atoms. The molecule has 3 heterocycles. The van der Waals surface area contributed by atoms with Crippen LogP contribution in [0.15, 0.2) is 34.5 Å². The molecule has 0 saturated carbocycles. The van der Waals surface area contributed by atoms with Crippen molar-refractivity contribution < 1.29 is 13.2 Å². The van der Waals surface area contributed by atoms with Gasteiger partial charge >= 0.3 is 0 Å². The van der Waals surface area contributed by atoms with Gasteiger partial charge in [-0.05, 0) is 70.1 Å². The van der Waals surface area contributed by atoms with Crippen LogP contribution < -0.4 is 4.90 Å². The first-order chi connectivity index (χ1) is 16.7. The van der Waals surface area contributed by atoms with E-state index in [1.165, 1.54) is 21.7 Å². The summed E-state index contributed by atoms with van der Waals surface area (Å²) < 4.78 is 30.0. The third-order valence-electron chi connectivity index (χ3n) is 6.21. The molecule has 0 N–H and O–H groups in total. The summed E-state index contributed by atoms with van der Waals surface area (Å²) in [7, 11) is 0.172. The van der Waals surface area contributed by atoms with Crippen LogP contribution in [-0.2, 0) is 21.2 Å². The fourth-order valence-corrected chi connectivity index (χ4v) is 8.72. The molecular formula is C24H31ClN4O3S3. The highest BCUT2D eigenvalue weighted by Crippen LogP contribution is 2.35. The Kier molecular flexibility index (Phi) is 8.50. The molecule has 0 spiro atoms. The van der Waals surface area contributed by atoms with Gasteiger partial charge in [0.15, 0.2) is 5.13 Å². The zero-order valence-corrected chi connectivity index (χ0v) is 23.4. The van der Waals surface area contributed by atoms with Crippen LogP contribution in [0.5, 0.6) is 0 Å². The highest BCUT2D eigenvalue weighted by atomic mass is 35.5. The van der Waals surface area contributed by atoms with Crippen molar-refractivity contribution in [2.24, 2.45) is 0 Å². The minimum absolute atomic E-state index is 0.175. The SMILES string of the molecule is CCc1cccc2sc(N(CCCN(C)C)C(=O)C3CCCCN3S(=O)(=O)c3ccc(Cl)s3)nc12. The molecule has 1 aliphatic rings. The van der Waals surface area contributed by atoms with Crippen LogP contribution in [0, 0.1) is 0 Å². The molecule has 1 amide bonds. The molecule has 1 saturated heterocycles. The van der Waals surface area contributed by atoms with Crippen LogP contribution in [0.3, 0.4) is 0 Å². The summed E-state index contributed by atoms with van der Waals surface area (Å²) in [6.07, 6.45) is 3.64. The van der Waals surface area contributed by atoms with Gasteiger partial charge in [-0.25, -0.2) is 13.4 Å². The molecule has 0 aliphatic carbocycles. The standard InChI is InChI=1S/C24H31ClN4O3S3/c1-4-17-9-7-11-19-22(17)26-24(33-19)28(15-8-14-27(2)3)23(30)18-10-5-6-16-29(18)35(31,32)21-13-12-20(25)34-21/h7,9,11-13,18H,4-6,8,10,14-16H2,1-3H3. The Morgan fingerprint density at radius 2 is 1.97 bits per heavy atom. The largest absolute Gasteiger partial charge is 0.309 e. The minimum Gasteiger partial charge on any atom is -0.309 e. The molecule has 1 fully saturated rings. The van der Waals surface area contributed by atoms with Crippen LogP contribution in [0.1, 0.15) is 38.2 Å². The average molecular weight is 555 g/mol. The fraction of sp³-hybridized carbons (Fsp3) is 0.500. The second-order valence-electron chi connectivity index (χ2n) is 8.95. The molecule has 7 nitrogen and oxygen atoms in total. The van der Waals surface area contributed by atoms with Gasteiger partial charge in [-0.15, -0.1) is 11.3 Å². The normalized spacial score (nSPS) is 17.3. The molecule has 1 unspecified atom stereocenters. The Labute approximate surface area is 220 Å². The van der Waals surface area contributed by atoms with Gasteiger partial charge in [-0.2, -0.15) is 4.31 Å². The summed E-state index contributed by atoms with van der Waals surface area (Å²) >= 11 is 8.55. The topological polar surface area (TPSA) is 73.8 Å². The lowest BCUT2D eigenvalue weighted by molar-refractivity contribution is -0.123. The third-order valence-corrected chi connectivity index (χ3v) is 10.9. The summed E-state index contributed by atoms with van der Waals surface area (Å²) in [6.45, 7) is 3.71. The molecule has 0 radical (unpaired) electrons. The number of aromatic nitrogens is 1. The van der Waals surface area contributed by atoms with Crippen LogP contribution >= 0.6 is 34.3 Å². The Morgan fingerprint density at radius 3 is 2.66 bits per heavy atom. The van der Waals surface area contributed by atoms with E-state index in [0.29, 0.717) is 29.0 Å². The lowest BCUT2D eigenvalue weighted by Gasteiger charge is -2.36. The number of fused-ring (bicyclic) bond motifs is 1. The number of aryl methyl sites for hydroxylation is 1. The number of hydrogen-bond donors (Lipinski definition) is 0. The van der Waals surface area contributed by atoms with Crippen LogP contribution in [-0.4, -0.2) is 68.3 Å². The molecule has 3 aromatic rings. The quantitative estimate of drug-likeness (QED) is 0.368. The highest BCUT2D eigenvalue weighted by Gasteiger charge is 2.41. The van der Waals surface area contributed by atoms with Crippen molar-refractivity contribution in [3.63, 3.8) is 0 Å². The number of para-hydroxylation sites is 1. The molecule has 2 aromatic heterocycles. The van der Waals surface area contributed by atoms with E-state index < -0.39 is 16.1 Å². The van der Waals surface area contributed by atoms with E-state index >= 15 is 0 Å². The van der Waals surface area contributed by atoms with Gasteiger partial charge in [0.05, 0.1) is 14.6 Å². The van der Waals surface area contributed by atoms with E-state index in [0.717, 1.165) is 59.3 Å². The predicted octanol–water partition coefficient (Wildman–Crippen LogP) is 5.10. The maximum Gasteiger partial charge on any atom is 0.253 e. The number of carbonyl (C=O) groups is 1.